The smallest absolute Gasteiger partial charge is 0.257 e. The summed E-state index contributed by atoms with van der Waals surface area (Å²) in [5, 5.41) is 2.54. The van der Waals surface area contributed by atoms with Crippen LogP contribution in [-0.2, 0) is 4.79 Å². The van der Waals surface area contributed by atoms with Crippen molar-refractivity contribution in [3.05, 3.63) is 29.6 Å². The van der Waals surface area contributed by atoms with Crippen LogP contribution >= 0.6 is 0 Å². The van der Waals surface area contributed by atoms with Gasteiger partial charge in [-0.05, 0) is 31.0 Å². The van der Waals surface area contributed by atoms with Gasteiger partial charge in [-0.2, -0.15) is 0 Å². The first kappa shape index (κ1) is 14.5. The zero-order valence-electron chi connectivity index (χ0n) is 11.4. The van der Waals surface area contributed by atoms with Gasteiger partial charge >= 0.3 is 0 Å². The minimum Gasteiger partial charge on any atom is -0.334 e. The summed E-state index contributed by atoms with van der Waals surface area (Å²) < 4.78 is 13.9. The highest BCUT2D eigenvalue weighted by Gasteiger charge is 2.29. The van der Waals surface area contributed by atoms with Crippen molar-refractivity contribution in [3.63, 3.8) is 0 Å². The van der Waals surface area contributed by atoms with Crippen LogP contribution in [0.5, 0.6) is 0 Å². The van der Waals surface area contributed by atoms with E-state index in [-0.39, 0.29) is 23.4 Å². The second-order valence-corrected chi connectivity index (χ2v) is 4.91. The molecule has 2 amide bonds. The van der Waals surface area contributed by atoms with Crippen molar-refractivity contribution in [1.29, 1.82) is 0 Å². The van der Waals surface area contributed by atoms with Crippen LogP contribution < -0.4 is 11.1 Å². The quantitative estimate of drug-likeness (QED) is 0.877. The van der Waals surface area contributed by atoms with Crippen molar-refractivity contribution in [3.8, 4) is 0 Å². The molecule has 1 aromatic carbocycles. The summed E-state index contributed by atoms with van der Waals surface area (Å²) in [5.41, 5.74) is 6.01. The molecule has 2 rings (SSSR count). The lowest BCUT2D eigenvalue weighted by molar-refractivity contribution is -0.114. The van der Waals surface area contributed by atoms with Crippen molar-refractivity contribution in [2.45, 2.75) is 25.8 Å². The molecule has 1 fully saturated rings. The van der Waals surface area contributed by atoms with E-state index in [4.69, 9.17) is 5.73 Å². The molecule has 5 nitrogen and oxygen atoms in total. The second kappa shape index (κ2) is 6.00. The van der Waals surface area contributed by atoms with E-state index in [1.165, 1.54) is 25.1 Å². The Hall–Kier alpha value is -1.95. The van der Waals surface area contributed by atoms with Crippen molar-refractivity contribution in [2.75, 3.05) is 18.4 Å². The summed E-state index contributed by atoms with van der Waals surface area (Å²) in [7, 11) is 0. The Kier molecular flexibility index (Phi) is 4.34. The number of carbonyl (C=O) groups excluding carboxylic acids is 2. The van der Waals surface area contributed by atoms with Gasteiger partial charge in [0, 0.05) is 31.7 Å². The minimum atomic E-state index is -0.591. The van der Waals surface area contributed by atoms with Gasteiger partial charge < -0.3 is 16.0 Å². The third-order valence-electron chi connectivity index (χ3n) is 3.43. The summed E-state index contributed by atoms with van der Waals surface area (Å²) in [4.78, 5) is 25.0. The van der Waals surface area contributed by atoms with Crippen molar-refractivity contribution in [1.82, 2.24) is 4.90 Å². The fourth-order valence-corrected chi connectivity index (χ4v) is 2.47. The van der Waals surface area contributed by atoms with Gasteiger partial charge in [0.1, 0.15) is 5.82 Å². The molecule has 1 aliphatic heterocycles. The molecule has 1 heterocycles. The number of nitrogens with one attached hydrogen (secondary N) is 1. The molecule has 1 atom stereocenters. The number of nitrogens with zero attached hydrogens (tertiary/aromatic N) is 1. The molecule has 108 valence electrons. The van der Waals surface area contributed by atoms with Gasteiger partial charge in [-0.1, -0.05) is 0 Å². The maximum atomic E-state index is 13.9. The van der Waals surface area contributed by atoms with E-state index >= 15 is 0 Å². The van der Waals surface area contributed by atoms with Crippen LogP contribution in [0.4, 0.5) is 10.1 Å². The number of anilines is 1. The number of hydrogen-bond donors (Lipinski definition) is 2. The van der Waals surface area contributed by atoms with Gasteiger partial charge in [0.25, 0.3) is 5.91 Å². The van der Waals surface area contributed by atoms with Crippen LogP contribution in [0.2, 0.25) is 0 Å². The van der Waals surface area contributed by atoms with E-state index in [1.54, 1.807) is 4.90 Å². The molecule has 0 aliphatic carbocycles. The molecule has 6 heteroatoms. The zero-order valence-corrected chi connectivity index (χ0v) is 11.4. The van der Waals surface area contributed by atoms with Crippen molar-refractivity contribution < 1.29 is 14.0 Å². The largest absolute Gasteiger partial charge is 0.334 e. The van der Waals surface area contributed by atoms with E-state index in [0.717, 1.165) is 12.8 Å². The number of amides is 2. The Labute approximate surface area is 116 Å². The van der Waals surface area contributed by atoms with E-state index in [9.17, 15) is 14.0 Å². The van der Waals surface area contributed by atoms with Crippen LogP contribution in [0.25, 0.3) is 0 Å². The maximum Gasteiger partial charge on any atom is 0.257 e. The first-order valence-electron chi connectivity index (χ1n) is 6.61. The van der Waals surface area contributed by atoms with Crippen LogP contribution in [-0.4, -0.2) is 35.8 Å². The molecule has 0 spiro atoms. The monoisotopic (exact) mass is 279 g/mol. The second-order valence-electron chi connectivity index (χ2n) is 4.91. The number of hydrogen-bond acceptors (Lipinski definition) is 3. The van der Waals surface area contributed by atoms with Crippen LogP contribution in [0.3, 0.4) is 0 Å². The lowest BCUT2D eigenvalue weighted by Gasteiger charge is -2.23. The van der Waals surface area contributed by atoms with Gasteiger partial charge in [-0.3, -0.25) is 9.59 Å². The van der Waals surface area contributed by atoms with Gasteiger partial charge in [0.2, 0.25) is 5.91 Å². The molecule has 0 bridgehead atoms. The van der Waals surface area contributed by atoms with Crippen molar-refractivity contribution in [2.24, 2.45) is 5.73 Å². The number of benzene rings is 1. The minimum absolute atomic E-state index is 0.0309. The van der Waals surface area contributed by atoms with Crippen LogP contribution in [0, 0.1) is 5.82 Å². The average molecular weight is 279 g/mol. The van der Waals surface area contributed by atoms with Crippen LogP contribution in [0.15, 0.2) is 18.2 Å². The third kappa shape index (κ3) is 2.96. The number of rotatable bonds is 3. The Morgan fingerprint density at radius 2 is 2.25 bits per heavy atom. The third-order valence-corrected chi connectivity index (χ3v) is 3.43. The average Bonchev–Trinajstić information content (AvgIpc) is 2.88. The van der Waals surface area contributed by atoms with Crippen molar-refractivity contribution >= 4 is 17.5 Å². The highest BCUT2D eigenvalue weighted by molar-refractivity contribution is 5.97. The fourth-order valence-electron chi connectivity index (χ4n) is 2.47. The molecule has 1 aliphatic rings. The number of likely N-dealkylation sites (tertiary alicyclic amines) is 1. The normalized spacial score (nSPS) is 18.1. The van der Waals surface area contributed by atoms with E-state index < -0.39 is 5.82 Å². The van der Waals surface area contributed by atoms with Gasteiger partial charge in [0.05, 0.1) is 5.56 Å². The molecule has 0 radical (unpaired) electrons. The summed E-state index contributed by atoms with van der Waals surface area (Å²) in [6.45, 7) is 2.32. The summed E-state index contributed by atoms with van der Waals surface area (Å²) >= 11 is 0. The lowest BCUT2D eigenvalue weighted by Crippen LogP contribution is -2.40. The first-order valence-corrected chi connectivity index (χ1v) is 6.61. The SMILES string of the molecule is CC(=O)Nc1ccc(F)c(C(=O)N2CCCC2CN)c1. The van der Waals surface area contributed by atoms with E-state index in [2.05, 4.69) is 5.32 Å². The molecular formula is C14H18FN3O2. The lowest BCUT2D eigenvalue weighted by atomic mass is 10.1. The highest BCUT2D eigenvalue weighted by Crippen LogP contribution is 2.22. The molecule has 1 aromatic rings. The first-order chi connectivity index (χ1) is 9.52. The molecule has 0 aromatic heterocycles. The molecule has 20 heavy (non-hydrogen) atoms. The van der Waals surface area contributed by atoms with Gasteiger partial charge in [-0.15, -0.1) is 0 Å². The zero-order chi connectivity index (χ0) is 14.7. The Bertz CT molecular complexity index is 533. The molecule has 0 saturated carbocycles. The van der Waals surface area contributed by atoms with E-state index in [1.807, 2.05) is 0 Å². The predicted molar refractivity (Wildman–Crippen MR) is 73.8 cm³/mol. The molecule has 1 saturated heterocycles. The topological polar surface area (TPSA) is 75.4 Å². The summed E-state index contributed by atoms with van der Waals surface area (Å²) in [6, 6.07) is 3.95. The number of halogens is 1. The summed E-state index contributed by atoms with van der Waals surface area (Å²) in [5.74, 6) is -1.23. The number of nitrogens with two attached hydrogens (primary N) is 1. The number of carbonyl (C=O) groups is 2. The Balaban J connectivity index is 2.26. The fraction of sp³-hybridized carbons (Fsp3) is 0.429. The molecule has 3 N–H and O–H groups in total. The highest BCUT2D eigenvalue weighted by atomic mass is 19.1. The molecule has 1 unspecified atom stereocenters. The maximum absolute atomic E-state index is 13.9. The van der Waals surface area contributed by atoms with E-state index in [0.29, 0.717) is 18.8 Å². The Morgan fingerprint density at radius 1 is 1.50 bits per heavy atom. The summed E-state index contributed by atoms with van der Waals surface area (Å²) in [6.07, 6.45) is 1.72. The Morgan fingerprint density at radius 3 is 2.90 bits per heavy atom. The van der Waals surface area contributed by atoms with Gasteiger partial charge in [-0.25, -0.2) is 4.39 Å². The van der Waals surface area contributed by atoms with Gasteiger partial charge in [0.15, 0.2) is 0 Å². The standard InChI is InChI=1S/C14H18FN3O2/c1-9(19)17-10-4-5-13(15)12(7-10)14(20)18-6-2-3-11(18)8-16/h4-5,7,11H,2-3,6,8,16H2,1H3,(H,17,19). The molecular weight excluding hydrogens is 261 g/mol. The predicted octanol–water partition coefficient (Wildman–Crippen LogP) is 1.35. The van der Waals surface area contributed by atoms with Crippen LogP contribution in [0.1, 0.15) is 30.1 Å².